The number of aromatic nitrogens is 1. The standard InChI is InChI=1S/C15H13NOS/c1-11-6-8-12(9-7-11)17-10-15-16-13-4-2-3-5-14(13)18-15/h2-9H,10H2,1H3. The first kappa shape index (κ1) is 11.2. The van der Waals surface area contributed by atoms with E-state index in [9.17, 15) is 0 Å². The van der Waals surface area contributed by atoms with Gasteiger partial charge in [0.2, 0.25) is 0 Å². The van der Waals surface area contributed by atoms with Crippen LogP contribution in [0, 0.1) is 6.92 Å². The second kappa shape index (κ2) is 4.78. The Kier molecular flexibility index (Phi) is 2.99. The Bertz CT molecular complexity index is 625. The average molecular weight is 255 g/mol. The summed E-state index contributed by atoms with van der Waals surface area (Å²) in [6, 6.07) is 16.2. The first-order valence-electron chi connectivity index (χ1n) is 5.85. The Labute approximate surface area is 110 Å². The van der Waals surface area contributed by atoms with E-state index in [1.807, 2.05) is 42.5 Å². The molecular formula is C15H13NOS. The molecule has 0 unspecified atom stereocenters. The highest BCUT2D eigenvalue weighted by Crippen LogP contribution is 2.23. The maximum atomic E-state index is 5.72. The lowest BCUT2D eigenvalue weighted by atomic mass is 10.2. The van der Waals surface area contributed by atoms with Gasteiger partial charge in [0.15, 0.2) is 0 Å². The van der Waals surface area contributed by atoms with Gasteiger partial charge in [-0.15, -0.1) is 11.3 Å². The van der Waals surface area contributed by atoms with Gasteiger partial charge in [-0.05, 0) is 31.2 Å². The Morgan fingerprint density at radius 3 is 2.61 bits per heavy atom. The molecule has 1 aromatic heterocycles. The SMILES string of the molecule is Cc1ccc(OCc2nc3ccccc3s2)cc1. The summed E-state index contributed by atoms with van der Waals surface area (Å²) >= 11 is 1.68. The van der Waals surface area contributed by atoms with Crippen LogP contribution in [0.2, 0.25) is 0 Å². The summed E-state index contributed by atoms with van der Waals surface area (Å²) in [7, 11) is 0. The molecule has 1 heterocycles. The third-order valence-corrected chi connectivity index (χ3v) is 3.73. The number of nitrogens with zero attached hydrogens (tertiary/aromatic N) is 1. The third kappa shape index (κ3) is 2.36. The number of aryl methyl sites for hydroxylation is 1. The minimum Gasteiger partial charge on any atom is -0.486 e. The summed E-state index contributed by atoms with van der Waals surface area (Å²) in [5, 5.41) is 1.01. The molecule has 0 atom stereocenters. The molecule has 0 aliphatic heterocycles. The molecule has 3 aromatic rings. The summed E-state index contributed by atoms with van der Waals surface area (Å²) in [6.45, 7) is 2.60. The maximum Gasteiger partial charge on any atom is 0.140 e. The van der Waals surface area contributed by atoms with E-state index >= 15 is 0 Å². The Morgan fingerprint density at radius 2 is 1.83 bits per heavy atom. The van der Waals surface area contributed by atoms with Crippen molar-refractivity contribution < 1.29 is 4.74 Å². The van der Waals surface area contributed by atoms with E-state index in [2.05, 4.69) is 18.0 Å². The fourth-order valence-electron chi connectivity index (χ4n) is 1.76. The van der Waals surface area contributed by atoms with Gasteiger partial charge in [-0.2, -0.15) is 0 Å². The molecule has 0 aliphatic rings. The van der Waals surface area contributed by atoms with Crippen molar-refractivity contribution in [1.29, 1.82) is 0 Å². The van der Waals surface area contributed by atoms with Crippen molar-refractivity contribution in [2.24, 2.45) is 0 Å². The fourth-order valence-corrected chi connectivity index (χ4v) is 2.64. The molecule has 0 N–H and O–H groups in total. The minimum absolute atomic E-state index is 0.530. The van der Waals surface area contributed by atoms with E-state index in [1.165, 1.54) is 10.3 Å². The van der Waals surface area contributed by atoms with Crippen LogP contribution in [0.4, 0.5) is 0 Å². The van der Waals surface area contributed by atoms with Gasteiger partial charge in [0.25, 0.3) is 0 Å². The van der Waals surface area contributed by atoms with Crippen LogP contribution in [-0.4, -0.2) is 4.98 Å². The molecule has 2 aromatic carbocycles. The topological polar surface area (TPSA) is 22.1 Å². The lowest BCUT2D eigenvalue weighted by Gasteiger charge is -2.03. The van der Waals surface area contributed by atoms with Crippen molar-refractivity contribution in [2.75, 3.05) is 0 Å². The highest BCUT2D eigenvalue weighted by atomic mass is 32.1. The zero-order chi connectivity index (χ0) is 12.4. The molecule has 3 rings (SSSR count). The van der Waals surface area contributed by atoms with Crippen molar-refractivity contribution in [3.05, 3.63) is 59.1 Å². The highest BCUT2D eigenvalue weighted by molar-refractivity contribution is 7.18. The molecule has 18 heavy (non-hydrogen) atoms. The van der Waals surface area contributed by atoms with Crippen LogP contribution in [-0.2, 0) is 6.61 Å². The predicted octanol–water partition coefficient (Wildman–Crippen LogP) is 4.18. The lowest BCUT2D eigenvalue weighted by Crippen LogP contribution is -1.94. The van der Waals surface area contributed by atoms with E-state index in [1.54, 1.807) is 11.3 Å². The number of para-hydroxylation sites is 1. The molecule has 2 nitrogen and oxygen atoms in total. The second-order valence-corrected chi connectivity index (χ2v) is 5.29. The van der Waals surface area contributed by atoms with Crippen molar-refractivity contribution in [1.82, 2.24) is 4.98 Å². The van der Waals surface area contributed by atoms with Gasteiger partial charge >= 0.3 is 0 Å². The first-order valence-corrected chi connectivity index (χ1v) is 6.67. The number of hydrogen-bond donors (Lipinski definition) is 0. The maximum absolute atomic E-state index is 5.72. The molecule has 0 saturated heterocycles. The van der Waals surface area contributed by atoms with Crippen molar-refractivity contribution in [3.8, 4) is 5.75 Å². The minimum atomic E-state index is 0.530. The monoisotopic (exact) mass is 255 g/mol. The largest absolute Gasteiger partial charge is 0.486 e. The number of rotatable bonds is 3. The molecule has 0 radical (unpaired) electrons. The van der Waals surface area contributed by atoms with Gasteiger partial charge < -0.3 is 4.74 Å². The van der Waals surface area contributed by atoms with E-state index in [0.29, 0.717) is 6.61 Å². The average Bonchev–Trinajstić information content (AvgIpc) is 2.81. The van der Waals surface area contributed by atoms with Crippen LogP contribution >= 0.6 is 11.3 Å². The van der Waals surface area contributed by atoms with Crippen LogP contribution in [0.1, 0.15) is 10.6 Å². The molecule has 0 saturated carbocycles. The summed E-state index contributed by atoms with van der Waals surface area (Å²) in [6.07, 6.45) is 0. The van der Waals surface area contributed by atoms with E-state index < -0.39 is 0 Å². The van der Waals surface area contributed by atoms with E-state index in [4.69, 9.17) is 4.74 Å². The molecule has 90 valence electrons. The molecule has 0 fully saturated rings. The van der Waals surface area contributed by atoms with Gasteiger partial charge in [0.1, 0.15) is 17.4 Å². The second-order valence-electron chi connectivity index (χ2n) is 4.18. The zero-order valence-electron chi connectivity index (χ0n) is 10.1. The van der Waals surface area contributed by atoms with Gasteiger partial charge in [-0.1, -0.05) is 29.8 Å². The molecule has 0 aliphatic carbocycles. The normalized spacial score (nSPS) is 10.7. The summed E-state index contributed by atoms with van der Waals surface area (Å²) < 4.78 is 6.93. The Morgan fingerprint density at radius 1 is 1.06 bits per heavy atom. The third-order valence-electron chi connectivity index (χ3n) is 2.72. The van der Waals surface area contributed by atoms with Crippen LogP contribution in [0.15, 0.2) is 48.5 Å². The number of thiazole rings is 1. The van der Waals surface area contributed by atoms with Crippen molar-refractivity contribution in [3.63, 3.8) is 0 Å². The Hall–Kier alpha value is -1.87. The molecule has 3 heteroatoms. The smallest absolute Gasteiger partial charge is 0.140 e. The lowest BCUT2D eigenvalue weighted by molar-refractivity contribution is 0.306. The number of fused-ring (bicyclic) bond motifs is 1. The molecule has 0 spiro atoms. The molecule has 0 amide bonds. The van der Waals surface area contributed by atoms with Crippen molar-refractivity contribution in [2.45, 2.75) is 13.5 Å². The van der Waals surface area contributed by atoms with Gasteiger partial charge in [-0.25, -0.2) is 4.98 Å². The first-order chi connectivity index (χ1) is 8.81. The number of ether oxygens (including phenoxy) is 1. The Balaban J connectivity index is 1.74. The summed E-state index contributed by atoms with van der Waals surface area (Å²) in [5.41, 5.74) is 2.28. The van der Waals surface area contributed by atoms with Gasteiger partial charge in [0.05, 0.1) is 10.2 Å². The zero-order valence-corrected chi connectivity index (χ0v) is 10.9. The van der Waals surface area contributed by atoms with Crippen LogP contribution in [0.25, 0.3) is 10.2 Å². The quantitative estimate of drug-likeness (QED) is 0.700. The van der Waals surface area contributed by atoms with E-state index in [-0.39, 0.29) is 0 Å². The van der Waals surface area contributed by atoms with E-state index in [0.717, 1.165) is 16.3 Å². The number of hydrogen-bond acceptors (Lipinski definition) is 3. The molecular weight excluding hydrogens is 242 g/mol. The fraction of sp³-hybridized carbons (Fsp3) is 0.133. The highest BCUT2D eigenvalue weighted by Gasteiger charge is 2.03. The number of benzene rings is 2. The van der Waals surface area contributed by atoms with Crippen molar-refractivity contribution >= 4 is 21.6 Å². The van der Waals surface area contributed by atoms with Gasteiger partial charge in [0, 0.05) is 0 Å². The summed E-state index contributed by atoms with van der Waals surface area (Å²) in [5.74, 6) is 0.889. The predicted molar refractivity (Wildman–Crippen MR) is 75.1 cm³/mol. The molecule has 0 bridgehead atoms. The van der Waals surface area contributed by atoms with Crippen LogP contribution in [0.3, 0.4) is 0 Å². The van der Waals surface area contributed by atoms with Crippen LogP contribution < -0.4 is 4.74 Å². The van der Waals surface area contributed by atoms with Crippen LogP contribution in [0.5, 0.6) is 5.75 Å². The van der Waals surface area contributed by atoms with Gasteiger partial charge in [-0.3, -0.25) is 0 Å². The summed E-state index contributed by atoms with van der Waals surface area (Å²) in [4.78, 5) is 4.54.